The van der Waals surface area contributed by atoms with Gasteiger partial charge in [0.2, 0.25) is 5.91 Å². The van der Waals surface area contributed by atoms with Crippen LogP contribution in [0.5, 0.6) is 0 Å². The van der Waals surface area contributed by atoms with E-state index in [1.807, 2.05) is 36.5 Å². The summed E-state index contributed by atoms with van der Waals surface area (Å²) >= 11 is 1.59. The van der Waals surface area contributed by atoms with Crippen LogP contribution < -0.4 is 5.32 Å². The zero-order chi connectivity index (χ0) is 21.9. The molecule has 168 valence electrons. The Balaban J connectivity index is 1.72. The van der Waals surface area contributed by atoms with Crippen molar-refractivity contribution in [3.8, 4) is 0 Å². The highest BCUT2D eigenvalue weighted by molar-refractivity contribution is 7.09. The molecule has 0 bridgehead atoms. The fourth-order valence-electron chi connectivity index (χ4n) is 5.16. The molecule has 0 spiro atoms. The molecule has 1 aliphatic heterocycles. The molecule has 1 aromatic heterocycles. The summed E-state index contributed by atoms with van der Waals surface area (Å²) in [5.41, 5.74) is 0.340. The molecule has 1 saturated heterocycles. The summed E-state index contributed by atoms with van der Waals surface area (Å²) in [6, 6.07) is 4.26. The van der Waals surface area contributed by atoms with Gasteiger partial charge in [0.15, 0.2) is 0 Å². The molecule has 3 amide bonds. The first-order chi connectivity index (χ1) is 14.2. The molecular formula is C23H38N4O2S. The zero-order valence-electron chi connectivity index (χ0n) is 19.2. The number of piperidine rings is 1. The lowest BCUT2D eigenvalue weighted by Crippen LogP contribution is -2.55. The normalized spacial score (nSPS) is 26.3. The van der Waals surface area contributed by atoms with Gasteiger partial charge in [0.1, 0.15) is 0 Å². The second kappa shape index (κ2) is 9.79. The van der Waals surface area contributed by atoms with E-state index in [-0.39, 0.29) is 17.9 Å². The Hall–Kier alpha value is -1.44. The molecule has 0 unspecified atom stereocenters. The van der Waals surface area contributed by atoms with Crippen molar-refractivity contribution in [3.05, 3.63) is 22.4 Å². The summed E-state index contributed by atoms with van der Waals surface area (Å²) in [5.74, 6) is 0.381. The number of thiophene rings is 1. The third-order valence-electron chi connectivity index (χ3n) is 6.73. The van der Waals surface area contributed by atoms with Gasteiger partial charge in [-0.3, -0.25) is 9.69 Å². The Labute approximate surface area is 185 Å². The molecule has 1 saturated carbocycles. The number of likely N-dealkylation sites (N-methyl/N-ethyl adjacent to an activating group) is 1. The summed E-state index contributed by atoms with van der Waals surface area (Å²) < 4.78 is 0. The quantitative estimate of drug-likeness (QED) is 0.745. The van der Waals surface area contributed by atoms with Gasteiger partial charge in [-0.05, 0) is 69.6 Å². The van der Waals surface area contributed by atoms with Gasteiger partial charge in [0.05, 0.1) is 12.5 Å². The van der Waals surface area contributed by atoms with Crippen LogP contribution in [-0.4, -0.2) is 73.5 Å². The lowest BCUT2D eigenvalue weighted by atomic mass is 9.65. The summed E-state index contributed by atoms with van der Waals surface area (Å²) in [6.45, 7) is 7.06. The Morgan fingerprint density at radius 2 is 2.10 bits per heavy atom. The molecule has 6 nitrogen and oxygen atoms in total. The van der Waals surface area contributed by atoms with Crippen LogP contribution >= 0.6 is 11.3 Å². The molecular weight excluding hydrogens is 396 g/mol. The number of likely N-dealkylation sites (tertiary alicyclic amines) is 1. The van der Waals surface area contributed by atoms with E-state index in [9.17, 15) is 9.59 Å². The van der Waals surface area contributed by atoms with Crippen LogP contribution in [-0.2, 0) is 11.3 Å². The number of carbonyl (C=O) groups excluding carboxylic acids is 2. The van der Waals surface area contributed by atoms with Crippen LogP contribution in [0.15, 0.2) is 17.5 Å². The van der Waals surface area contributed by atoms with E-state index in [1.54, 1.807) is 11.3 Å². The molecule has 2 heterocycles. The van der Waals surface area contributed by atoms with Crippen LogP contribution in [0.4, 0.5) is 4.79 Å². The molecule has 1 aromatic rings. The van der Waals surface area contributed by atoms with Crippen molar-refractivity contribution >= 4 is 23.3 Å². The number of fused-ring (bicyclic) bond motifs is 1. The maximum absolute atomic E-state index is 13.6. The van der Waals surface area contributed by atoms with Gasteiger partial charge in [0.25, 0.3) is 0 Å². The van der Waals surface area contributed by atoms with Gasteiger partial charge in [-0.2, -0.15) is 0 Å². The Kier molecular flexibility index (Phi) is 7.58. The fourth-order valence-corrected chi connectivity index (χ4v) is 5.85. The third kappa shape index (κ3) is 5.83. The van der Waals surface area contributed by atoms with E-state index in [0.717, 1.165) is 30.8 Å². The van der Waals surface area contributed by atoms with Crippen molar-refractivity contribution < 1.29 is 9.59 Å². The minimum Gasteiger partial charge on any atom is -0.336 e. The smallest absolute Gasteiger partial charge is 0.324 e. The van der Waals surface area contributed by atoms with E-state index in [0.29, 0.717) is 30.5 Å². The molecule has 0 aromatic carbocycles. The number of amides is 3. The SMILES string of the molecule is CN(C)CCNC(=O)N(Cc1cccs1)C(=O)[C@@H]1C[C@@H]2CC(C)(C)CC[C@H]2N(C)C1. The van der Waals surface area contributed by atoms with E-state index in [1.165, 1.54) is 17.7 Å². The van der Waals surface area contributed by atoms with E-state index in [2.05, 4.69) is 31.1 Å². The van der Waals surface area contributed by atoms with Gasteiger partial charge in [-0.25, -0.2) is 4.79 Å². The number of nitrogens with zero attached hydrogens (tertiary/aromatic N) is 3. The molecule has 2 fully saturated rings. The molecule has 7 heteroatoms. The highest BCUT2D eigenvalue weighted by Gasteiger charge is 2.44. The first kappa shape index (κ1) is 23.2. The van der Waals surface area contributed by atoms with Crippen LogP contribution in [0.1, 0.15) is 44.4 Å². The van der Waals surface area contributed by atoms with Crippen molar-refractivity contribution in [2.45, 2.75) is 52.1 Å². The van der Waals surface area contributed by atoms with Gasteiger partial charge in [0, 0.05) is 30.6 Å². The number of carbonyl (C=O) groups is 2. The number of imide groups is 1. The second-order valence-corrected chi connectivity index (χ2v) is 11.2. The Morgan fingerprint density at radius 1 is 1.33 bits per heavy atom. The average Bonchev–Trinajstić information content (AvgIpc) is 3.17. The Morgan fingerprint density at radius 3 is 2.77 bits per heavy atom. The van der Waals surface area contributed by atoms with Crippen molar-refractivity contribution in [2.24, 2.45) is 17.3 Å². The van der Waals surface area contributed by atoms with Crippen molar-refractivity contribution in [3.63, 3.8) is 0 Å². The number of nitrogens with one attached hydrogen (secondary N) is 1. The number of hydrogen-bond acceptors (Lipinski definition) is 5. The Bertz CT molecular complexity index is 719. The van der Waals surface area contributed by atoms with E-state index < -0.39 is 0 Å². The summed E-state index contributed by atoms with van der Waals surface area (Å²) in [5, 5.41) is 4.93. The highest BCUT2D eigenvalue weighted by atomic mass is 32.1. The highest BCUT2D eigenvalue weighted by Crippen LogP contribution is 2.45. The molecule has 0 radical (unpaired) electrons. The topological polar surface area (TPSA) is 55.9 Å². The predicted molar refractivity (Wildman–Crippen MR) is 122 cm³/mol. The summed E-state index contributed by atoms with van der Waals surface area (Å²) in [4.78, 5) is 33.4. The van der Waals surface area contributed by atoms with Crippen molar-refractivity contribution in [1.82, 2.24) is 20.0 Å². The first-order valence-corrected chi connectivity index (χ1v) is 12.0. The molecule has 1 N–H and O–H groups in total. The fraction of sp³-hybridized carbons (Fsp3) is 0.739. The summed E-state index contributed by atoms with van der Waals surface area (Å²) in [7, 11) is 6.09. The summed E-state index contributed by atoms with van der Waals surface area (Å²) in [6.07, 6.45) is 4.50. The van der Waals surface area contributed by atoms with Gasteiger partial charge >= 0.3 is 6.03 Å². The lowest BCUT2D eigenvalue weighted by Gasteiger charge is -2.49. The van der Waals surface area contributed by atoms with Crippen molar-refractivity contribution in [1.29, 1.82) is 0 Å². The molecule has 3 rings (SSSR count). The lowest BCUT2D eigenvalue weighted by molar-refractivity contribution is -0.137. The van der Waals surface area contributed by atoms with Crippen LogP contribution in [0.3, 0.4) is 0 Å². The zero-order valence-corrected chi connectivity index (χ0v) is 20.0. The second-order valence-electron chi connectivity index (χ2n) is 10.1. The molecule has 1 aliphatic carbocycles. The molecule has 3 atom stereocenters. The maximum Gasteiger partial charge on any atom is 0.324 e. The monoisotopic (exact) mass is 434 g/mol. The number of urea groups is 1. The van der Waals surface area contributed by atoms with E-state index >= 15 is 0 Å². The molecule has 2 aliphatic rings. The van der Waals surface area contributed by atoms with Gasteiger partial charge in [-0.1, -0.05) is 19.9 Å². The number of hydrogen-bond donors (Lipinski definition) is 1. The van der Waals surface area contributed by atoms with Crippen LogP contribution in [0.2, 0.25) is 0 Å². The van der Waals surface area contributed by atoms with Gasteiger partial charge < -0.3 is 15.1 Å². The minimum absolute atomic E-state index is 0.0283. The van der Waals surface area contributed by atoms with Crippen molar-refractivity contribution in [2.75, 3.05) is 40.8 Å². The number of rotatable bonds is 6. The minimum atomic E-state index is -0.274. The third-order valence-corrected chi connectivity index (χ3v) is 7.59. The van der Waals surface area contributed by atoms with E-state index in [4.69, 9.17) is 0 Å². The van der Waals surface area contributed by atoms with Crippen LogP contribution in [0.25, 0.3) is 0 Å². The standard InChI is InChI=1S/C23H38N4O2S/c1-23(2)9-8-20-17(14-23)13-18(15-26(20)5)21(28)27(16-19-7-6-12-30-19)22(29)24-10-11-25(3)4/h6-7,12,17-18,20H,8-11,13-16H2,1-5H3,(H,24,29)/t17-,18-,20-/m1/s1. The van der Waals surface area contributed by atoms with Gasteiger partial charge in [-0.15, -0.1) is 11.3 Å². The predicted octanol–water partition coefficient (Wildman–Crippen LogP) is 3.49. The molecule has 30 heavy (non-hydrogen) atoms. The van der Waals surface area contributed by atoms with Crippen LogP contribution in [0, 0.1) is 17.3 Å². The first-order valence-electron chi connectivity index (χ1n) is 11.1. The largest absolute Gasteiger partial charge is 0.336 e. The maximum atomic E-state index is 13.6. The average molecular weight is 435 g/mol.